The molecule has 0 aliphatic heterocycles. The zero-order valence-electron chi connectivity index (χ0n) is 13.1. The Morgan fingerprint density at radius 1 is 1.23 bits per heavy atom. The molecule has 6 heteroatoms. The summed E-state index contributed by atoms with van der Waals surface area (Å²) in [6, 6.07) is 8.06. The average molecular weight is 301 g/mol. The standard InChI is InChI=1S/C16H19N3O3/c1-10-9-11(2)19(17-10)14-7-5-13(6-8-14)15(20)18(4)12(3)16(21)22/h5-9,12H,1-4H3,(H,21,22). The van der Waals surface area contributed by atoms with E-state index in [0.717, 1.165) is 17.1 Å². The summed E-state index contributed by atoms with van der Waals surface area (Å²) in [7, 11) is 1.48. The SMILES string of the molecule is Cc1cc(C)n(-c2ccc(C(=O)N(C)C(C)C(=O)O)cc2)n1. The van der Waals surface area contributed by atoms with Crippen LogP contribution in [0.25, 0.3) is 5.69 Å². The Morgan fingerprint density at radius 2 is 1.82 bits per heavy atom. The van der Waals surface area contributed by atoms with Gasteiger partial charge in [0.1, 0.15) is 6.04 Å². The second-order valence-electron chi connectivity index (χ2n) is 5.32. The number of aliphatic carboxylic acids is 1. The first-order chi connectivity index (χ1) is 10.3. The van der Waals surface area contributed by atoms with Crippen molar-refractivity contribution in [1.29, 1.82) is 0 Å². The second kappa shape index (κ2) is 6.01. The molecule has 1 heterocycles. The van der Waals surface area contributed by atoms with Crippen LogP contribution in [-0.4, -0.2) is 44.8 Å². The van der Waals surface area contributed by atoms with Crippen LogP contribution >= 0.6 is 0 Å². The molecular formula is C16H19N3O3. The molecule has 22 heavy (non-hydrogen) atoms. The zero-order chi connectivity index (χ0) is 16.4. The lowest BCUT2D eigenvalue weighted by Gasteiger charge is -2.21. The number of nitrogens with zero attached hydrogens (tertiary/aromatic N) is 3. The summed E-state index contributed by atoms with van der Waals surface area (Å²) in [5, 5.41) is 13.4. The maximum absolute atomic E-state index is 12.2. The normalized spacial score (nSPS) is 12.0. The third kappa shape index (κ3) is 3.00. The van der Waals surface area contributed by atoms with Crippen molar-refractivity contribution in [2.75, 3.05) is 7.05 Å². The summed E-state index contributed by atoms with van der Waals surface area (Å²) in [6.45, 7) is 5.36. The van der Waals surface area contributed by atoms with Crippen molar-refractivity contribution in [2.24, 2.45) is 0 Å². The van der Waals surface area contributed by atoms with Crippen LogP contribution in [0, 0.1) is 13.8 Å². The van der Waals surface area contributed by atoms with E-state index in [1.165, 1.54) is 18.9 Å². The molecule has 116 valence electrons. The molecule has 6 nitrogen and oxygen atoms in total. The van der Waals surface area contributed by atoms with Crippen LogP contribution in [-0.2, 0) is 4.79 Å². The number of aromatic nitrogens is 2. The molecular weight excluding hydrogens is 282 g/mol. The van der Waals surface area contributed by atoms with Crippen molar-refractivity contribution in [2.45, 2.75) is 26.8 Å². The van der Waals surface area contributed by atoms with Gasteiger partial charge in [-0.3, -0.25) is 4.79 Å². The van der Waals surface area contributed by atoms with Crippen molar-refractivity contribution in [3.05, 3.63) is 47.3 Å². The van der Waals surface area contributed by atoms with Crippen molar-refractivity contribution < 1.29 is 14.7 Å². The summed E-state index contributed by atoms with van der Waals surface area (Å²) in [5.74, 6) is -1.36. The highest BCUT2D eigenvalue weighted by Crippen LogP contribution is 2.14. The van der Waals surface area contributed by atoms with Crippen LogP contribution in [0.3, 0.4) is 0 Å². The van der Waals surface area contributed by atoms with Gasteiger partial charge in [0.15, 0.2) is 0 Å². The van der Waals surface area contributed by atoms with E-state index in [-0.39, 0.29) is 5.91 Å². The van der Waals surface area contributed by atoms with Crippen LogP contribution in [0.1, 0.15) is 28.7 Å². The van der Waals surface area contributed by atoms with Gasteiger partial charge in [-0.05, 0) is 51.1 Å². The summed E-state index contributed by atoms with van der Waals surface area (Å²) in [6.07, 6.45) is 0. The molecule has 0 bridgehead atoms. The molecule has 1 aromatic heterocycles. The quantitative estimate of drug-likeness (QED) is 0.937. The summed E-state index contributed by atoms with van der Waals surface area (Å²) in [4.78, 5) is 24.4. The maximum atomic E-state index is 12.2. The van der Waals surface area contributed by atoms with Gasteiger partial charge in [0, 0.05) is 18.3 Å². The molecule has 0 saturated heterocycles. The minimum absolute atomic E-state index is 0.324. The minimum Gasteiger partial charge on any atom is -0.480 e. The lowest BCUT2D eigenvalue weighted by molar-refractivity contribution is -0.141. The number of carboxylic acid groups (broad SMARTS) is 1. The monoisotopic (exact) mass is 301 g/mol. The molecule has 1 atom stereocenters. The topological polar surface area (TPSA) is 75.4 Å². The molecule has 1 unspecified atom stereocenters. The van der Waals surface area contributed by atoms with Gasteiger partial charge in [-0.25, -0.2) is 9.48 Å². The largest absolute Gasteiger partial charge is 0.480 e. The highest BCUT2D eigenvalue weighted by atomic mass is 16.4. The van der Waals surface area contributed by atoms with Gasteiger partial charge >= 0.3 is 5.97 Å². The van der Waals surface area contributed by atoms with E-state index < -0.39 is 12.0 Å². The van der Waals surface area contributed by atoms with Crippen molar-refractivity contribution in [3.63, 3.8) is 0 Å². The maximum Gasteiger partial charge on any atom is 0.326 e. The molecule has 0 spiro atoms. The lowest BCUT2D eigenvalue weighted by Crippen LogP contribution is -2.40. The van der Waals surface area contributed by atoms with Crippen molar-refractivity contribution >= 4 is 11.9 Å². The van der Waals surface area contributed by atoms with Gasteiger partial charge < -0.3 is 10.0 Å². The number of benzene rings is 1. The van der Waals surface area contributed by atoms with Crippen LogP contribution in [0.5, 0.6) is 0 Å². The highest BCUT2D eigenvalue weighted by molar-refractivity contribution is 5.96. The number of carbonyl (C=O) groups excluding carboxylic acids is 1. The number of likely N-dealkylation sites (N-methyl/N-ethyl adjacent to an activating group) is 1. The third-order valence-electron chi connectivity index (χ3n) is 3.63. The molecule has 0 fully saturated rings. The highest BCUT2D eigenvalue weighted by Gasteiger charge is 2.22. The van der Waals surface area contributed by atoms with Crippen LogP contribution in [0.2, 0.25) is 0 Å². The van der Waals surface area contributed by atoms with Gasteiger partial charge in [-0.2, -0.15) is 5.10 Å². The fourth-order valence-electron chi connectivity index (χ4n) is 2.18. The minimum atomic E-state index is -1.03. The Hall–Kier alpha value is -2.63. The van der Waals surface area contributed by atoms with Crippen LogP contribution < -0.4 is 0 Å². The van der Waals surface area contributed by atoms with Crippen LogP contribution in [0.15, 0.2) is 30.3 Å². The number of hydrogen-bond acceptors (Lipinski definition) is 3. The zero-order valence-corrected chi connectivity index (χ0v) is 13.1. The summed E-state index contributed by atoms with van der Waals surface area (Å²) in [5.41, 5.74) is 3.23. The number of amides is 1. The van der Waals surface area contributed by atoms with E-state index in [4.69, 9.17) is 5.11 Å². The fraction of sp³-hybridized carbons (Fsp3) is 0.312. The number of carboxylic acids is 1. The molecule has 0 aliphatic rings. The lowest BCUT2D eigenvalue weighted by atomic mass is 10.1. The first-order valence-corrected chi connectivity index (χ1v) is 6.95. The first-order valence-electron chi connectivity index (χ1n) is 6.95. The molecule has 0 aliphatic carbocycles. The molecule has 0 radical (unpaired) electrons. The van der Waals surface area contributed by atoms with Crippen molar-refractivity contribution in [3.8, 4) is 5.69 Å². The molecule has 1 aromatic carbocycles. The Labute approximate surface area is 129 Å². The predicted molar refractivity (Wildman–Crippen MR) is 82.2 cm³/mol. The third-order valence-corrected chi connectivity index (χ3v) is 3.63. The van der Waals surface area contributed by atoms with Crippen LogP contribution in [0.4, 0.5) is 0 Å². The molecule has 1 amide bonds. The summed E-state index contributed by atoms with van der Waals surface area (Å²) >= 11 is 0. The molecule has 2 aromatic rings. The van der Waals surface area contributed by atoms with Gasteiger partial charge in [0.05, 0.1) is 11.4 Å². The van der Waals surface area contributed by atoms with E-state index in [9.17, 15) is 9.59 Å². The fourth-order valence-corrected chi connectivity index (χ4v) is 2.18. The Morgan fingerprint density at radius 3 is 2.27 bits per heavy atom. The summed E-state index contributed by atoms with van der Waals surface area (Å²) < 4.78 is 1.80. The van der Waals surface area contributed by atoms with E-state index in [1.54, 1.807) is 28.9 Å². The Balaban J connectivity index is 2.24. The van der Waals surface area contributed by atoms with Gasteiger partial charge in [0.2, 0.25) is 0 Å². The molecule has 1 N–H and O–H groups in total. The second-order valence-corrected chi connectivity index (χ2v) is 5.32. The van der Waals surface area contributed by atoms with E-state index in [2.05, 4.69) is 5.10 Å². The van der Waals surface area contributed by atoms with Gasteiger partial charge in [-0.15, -0.1) is 0 Å². The van der Waals surface area contributed by atoms with E-state index >= 15 is 0 Å². The van der Waals surface area contributed by atoms with E-state index in [0.29, 0.717) is 5.56 Å². The Bertz CT molecular complexity index is 704. The van der Waals surface area contributed by atoms with Gasteiger partial charge in [0.25, 0.3) is 5.91 Å². The van der Waals surface area contributed by atoms with E-state index in [1.807, 2.05) is 19.9 Å². The van der Waals surface area contributed by atoms with Gasteiger partial charge in [-0.1, -0.05) is 0 Å². The number of rotatable bonds is 4. The first kappa shape index (κ1) is 15.8. The average Bonchev–Trinajstić information content (AvgIpc) is 2.83. The smallest absolute Gasteiger partial charge is 0.326 e. The molecule has 0 saturated carbocycles. The number of hydrogen-bond donors (Lipinski definition) is 1. The van der Waals surface area contributed by atoms with Crippen molar-refractivity contribution in [1.82, 2.24) is 14.7 Å². The number of carbonyl (C=O) groups is 2. The predicted octanol–water partition coefficient (Wildman–Crippen LogP) is 2.03. The number of aryl methyl sites for hydroxylation is 2. The molecule has 2 rings (SSSR count). The Kier molecular flexibility index (Phi) is 4.30.